The van der Waals surface area contributed by atoms with Gasteiger partial charge in [-0.25, -0.2) is 0 Å². The van der Waals surface area contributed by atoms with E-state index in [9.17, 15) is 0 Å². The molecule has 0 aliphatic heterocycles. The van der Waals surface area contributed by atoms with Gasteiger partial charge < -0.3 is 5.32 Å². The molecule has 1 nitrogen and oxygen atoms in total. The zero-order chi connectivity index (χ0) is 12.6. The Hall–Kier alpha value is -1.60. The average Bonchev–Trinajstić information content (AvgIpc) is 2.46. The Labute approximate surface area is 110 Å². The van der Waals surface area contributed by atoms with Crippen molar-refractivity contribution in [1.82, 2.24) is 5.32 Å². The molecule has 1 heteroatoms. The molecule has 1 N–H and O–H groups in total. The van der Waals surface area contributed by atoms with Crippen LogP contribution in [0, 0.1) is 0 Å². The Bertz CT molecular complexity index is 436. The highest BCUT2D eigenvalue weighted by Gasteiger charge is 2.07. The summed E-state index contributed by atoms with van der Waals surface area (Å²) < 4.78 is 0. The first-order chi connectivity index (χ1) is 8.90. The minimum Gasteiger partial charge on any atom is -0.312 e. The van der Waals surface area contributed by atoms with Gasteiger partial charge in [0.15, 0.2) is 0 Å². The molecule has 1 atom stereocenters. The fourth-order valence-corrected chi connectivity index (χ4v) is 2.21. The molecule has 2 rings (SSSR count). The molecule has 0 amide bonds. The van der Waals surface area contributed by atoms with Gasteiger partial charge in [-0.05, 0) is 23.5 Å². The summed E-state index contributed by atoms with van der Waals surface area (Å²) in [5.74, 6) is 0.606. The van der Waals surface area contributed by atoms with Crippen molar-refractivity contribution in [2.75, 3.05) is 6.54 Å². The Kier molecular flexibility index (Phi) is 4.98. The minimum absolute atomic E-state index is 0.606. The highest BCUT2D eigenvalue weighted by Crippen LogP contribution is 2.18. The lowest BCUT2D eigenvalue weighted by molar-refractivity contribution is 0.569. The molecule has 0 spiro atoms. The normalized spacial score (nSPS) is 12.3. The summed E-state index contributed by atoms with van der Waals surface area (Å²) >= 11 is 0. The molecule has 0 heterocycles. The van der Waals surface area contributed by atoms with Crippen LogP contribution in [0.2, 0.25) is 0 Å². The third kappa shape index (κ3) is 3.71. The first-order valence-corrected chi connectivity index (χ1v) is 6.69. The van der Waals surface area contributed by atoms with Crippen molar-refractivity contribution < 1.29 is 0 Å². The van der Waals surface area contributed by atoms with Gasteiger partial charge in [0, 0.05) is 13.1 Å². The van der Waals surface area contributed by atoms with Gasteiger partial charge in [-0.2, -0.15) is 0 Å². The zero-order valence-electron chi connectivity index (χ0n) is 11.0. The van der Waals surface area contributed by atoms with Gasteiger partial charge in [0.05, 0.1) is 0 Å². The maximum atomic E-state index is 3.55. The quantitative estimate of drug-likeness (QED) is 0.804. The predicted octanol–water partition coefficient (Wildman–Crippen LogP) is 3.97. The molecule has 0 radical (unpaired) electrons. The van der Waals surface area contributed by atoms with E-state index in [1.165, 1.54) is 17.5 Å². The van der Waals surface area contributed by atoms with Crippen molar-refractivity contribution in [3.63, 3.8) is 0 Å². The zero-order valence-corrected chi connectivity index (χ0v) is 11.0. The fraction of sp³-hybridized carbons (Fsp3) is 0.294. The molecule has 18 heavy (non-hydrogen) atoms. The number of hydrogen-bond donors (Lipinski definition) is 1. The molecule has 2 aromatic rings. The highest BCUT2D eigenvalue weighted by molar-refractivity contribution is 5.20. The standard InChI is InChI=1S/C17H21N/c1-2-16(17-11-7-4-8-12-17)14-18-13-15-9-5-3-6-10-15/h3-12,16,18H,2,13-14H2,1H3. The van der Waals surface area contributed by atoms with Crippen LogP contribution < -0.4 is 5.32 Å². The molecule has 94 valence electrons. The first kappa shape index (κ1) is 12.8. The predicted molar refractivity (Wildman–Crippen MR) is 77.6 cm³/mol. The van der Waals surface area contributed by atoms with Crippen LogP contribution in [0.5, 0.6) is 0 Å². The van der Waals surface area contributed by atoms with Crippen LogP contribution in [0.25, 0.3) is 0 Å². The first-order valence-electron chi connectivity index (χ1n) is 6.69. The van der Waals surface area contributed by atoms with Gasteiger partial charge >= 0.3 is 0 Å². The summed E-state index contributed by atoms with van der Waals surface area (Å²) in [6, 6.07) is 21.3. The van der Waals surface area contributed by atoms with Gasteiger partial charge in [-0.3, -0.25) is 0 Å². The Morgan fingerprint density at radius 3 is 2.11 bits per heavy atom. The van der Waals surface area contributed by atoms with Crippen molar-refractivity contribution in [2.45, 2.75) is 25.8 Å². The van der Waals surface area contributed by atoms with Gasteiger partial charge in [-0.1, -0.05) is 67.6 Å². The molecular formula is C17H21N. The van der Waals surface area contributed by atoms with Crippen LogP contribution in [0.15, 0.2) is 60.7 Å². The van der Waals surface area contributed by atoms with E-state index >= 15 is 0 Å². The second-order valence-corrected chi connectivity index (χ2v) is 4.63. The molecule has 0 aliphatic rings. The second kappa shape index (κ2) is 6.97. The van der Waals surface area contributed by atoms with E-state index in [1.807, 2.05) is 0 Å². The topological polar surface area (TPSA) is 12.0 Å². The molecule has 0 fully saturated rings. The van der Waals surface area contributed by atoms with Crippen molar-refractivity contribution in [1.29, 1.82) is 0 Å². The molecule has 0 aliphatic carbocycles. The number of benzene rings is 2. The smallest absolute Gasteiger partial charge is 0.0205 e. The summed E-state index contributed by atoms with van der Waals surface area (Å²) in [5.41, 5.74) is 2.78. The fourth-order valence-electron chi connectivity index (χ4n) is 2.21. The van der Waals surface area contributed by atoms with Crippen LogP contribution in [0.1, 0.15) is 30.4 Å². The second-order valence-electron chi connectivity index (χ2n) is 4.63. The SMILES string of the molecule is CCC(CNCc1ccccc1)c1ccccc1. The third-order valence-corrected chi connectivity index (χ3v) is 3.33. The van der Waals surface area contributed by atoms with Gasteiger partial charge in [0.2, 0.25) is 0 Å². The van der Waals surface area contributed by atoms with E-state index in [-0.39, 0.29) is 0 Å². The van der Waals surface area contributed by atoms with E-state index in [0.29, 0.717) is 5.92 Å². The van der Waals surface area contributed by atoms with E-state index in [0.717, 1.165) is 13.1 Å². The van der Waals surface area contributed by atoms with Crippen LogP contribution in [0.3, 0.4) is 0 Å². The largest absolute Gasteiger partial charge is 0.312 e. The van der Waals surface area contributed by atoms with E-state index in [4.69, 9.17) is 0 Å². The Balaban J connectivity index is 1.85. The molecule has 1 unspecified atom stereocenters. The van der Waals surface area contributed by atoms with Crippen molar-refractivity contribution in [3.05, 3.63) is 71.8 Å². The minimum atomic E-state index is 0.606. The molecule has 2 aromatic carbocycles. The number of hydrogen-bond acceptors (Lipinski definition) is 1. The third-order valence-electron chi connectivity index (χ3n) is 3.33. The monoisotopic (exact) mass is 239 g/mol. The van der Waals surface area contributed by atoms with E-state index in [2.05, 4.69) is 72.9 Å². The molecule has 0 saturated carbocycles. The molecule has 0 aromatic heterocycles. The van der Waals surface area contributed by atoms with Gasteiger partial charge in [0.25, 0.3) is 0 Å². The van der Waals surface area contributed by atoms with Crippen molar-refractivity contribution in [2.24, 2.45) is 0 Å². The number of rotatable bonds is 6. The lowest BCUT2D eigenvalue weighted by Crippen LogP contribution is -2.20. The Morgan fingerprint density at radius 1 is 0.889 bits per heavy atom. The summed E-state index contributed by atoms with van der Waals surface area (Å²) in [6.45, 7) is 4.24. The maximum Gasteiger partial charge on any atom is 0.0205 e. The summed E-state index contributed by atoms with van der Waals surface area (Å²) in [4.78, 5) is 0. The highest BCUT2D eigenvalue weighted by atomic mass is 14.9. The summed E-state index contributed by atoms with van der Waals surface area (Å²) in [6.07, 6.45) is 1.17. The van der Waals surface area contributed by atoms with Crippen molar-refractivity contribution >= 4 is 0 Å². The van der Waals surface area contributed by atoms with Crippen LogP contribution in [-0.2, 0) is 6.54 Å². The average molecular weight is 239 g/mol. The summed E-state index contributed by atoms with van der Waals surface area (Å²) in [7, 11) is 0. The lowest BCUT2D eigenvalue weighted by atomic mass is 9.96. The number of nitrogens with one attached hydrogen (secondary N) is 1. The van der Waals surface area contributed by atoms with Crippen LogP contribution in [-0.4, -0.2) is 6.54 Å². The molecular weight excluding hydrogens is 218 g/mol. The van der Waals surface area contributed by atoms with Crippen LogP contribution >= 0.6 is 0 Å². The lowest BCUT2D eigenvalue weighted by Gasteiger charge is -2.16. The van der Waals surface area contributed by atoms with E-state index in [1.54, 1.807) is 0 Å². The molecule has 0 bridgehead atoms. The Morgan fingerprint density at radius 2 is 1.50 bits per heavy atom. The van der Waals surface area contributed by atoms with E-state index < -0.39 is 0 Å². The van der Waals surface area contributed by atoms with Gasteiger partial charge in [-0.15, -0.1) is 0 Å². The maximum absolute atomic E-state index is 3.55. The van der Waals surface area contributed by atoms with Crippen molar-refractivity contribution in [3.8, 4) is 0 Å². The van der Waals surface area contributed by atoms with Gasteiger partial charge in [0.1, 0.15) is 0 Å². The molecule has 0 saturated heterocycles. The van der Waals surface area contributed by atoms with Crippen LogP contribution in [0.4, 0.5) is 0 Å². The summed E-state index contributed by atoms with van der Waals surface area (Å²) in [5, 5.41) is 3.55.